The summed E-state index contributed by atoms with van der Waals surface area (Å²) in [6.45, 7) is 3.92. The van der Waals surface area contributed by atoms with Crippen molar-refractivity contribution in [1.82, 2.24) is 10.6 Å². The van der Waals surface area contributed by atoms with Gasteiger partial charge in [-0.1, -0.05) is 38.7 Å². The lowest BCUT2D eigenvalue weighted by atomic mass is 9.95. The van der Waals surface area contributed by atoms with Crippen LogP contribution in [0, 0.1) is 0 Å². The van der Waals surface area contributed by atoms with Crippen molar-refractivity contribution in [2.24, 2.45) is 0 Å². The van der Waals surface area contributed by atoms with E-state index in [2.05, 4.69) is 17.6 Å². The van der Waals surface area contributed by atoms with Crippen molar-refractivity contribution in [1.29, 1.82) is 0 Å². The van der Waals surface area contributed by atoms with Gasteiger partial charge in [0.2, 0.25) is 0 Å². The maximum atomic E-state index is 12.6. The molecule has 0 aliphatic heterocycles. The molecule has 0 saturated heterocycles. The van der Waals surface area contributed by atoms with E-state index in [1.165, 1.54) is 25.7 Å². The van der Waals surface area contributed by atoms with Crippen LogP contribution in [0.2, 0.25) is 0 Å². The molecule has 1 saturated carbocycles. The lowest BCUT2D eigenvalue weighted by Gasteiger charge is -2.22. The van der Waals surface area contributed by atoms with Crippen LogP contribution in [0.5, 0.6) is 5.75 Å². The summed E-state index contributed by atoms with van der Waals surface area (Å²) in [5.41, 5.74) is 1.77. The molecule has 5 heteroatoms. The number of fused-ring (bicyclic) bond motifs is 1. The Kier molecular flexibility index (Phi) is 6.56. The Morgan fingerprint density at radius 3 is 2.81 bits per heavy atom. The summed E-state index contributed by atoms with van der Waals surface area (Å²) >= 11 is 0. The second-order valence-corrected chi connectivity index (χ2v) is 7.12. The van der Waals surface area contributed by atoms with E-state index in [9.17, 15) is 4.79 Å². The second kappa shape index (κ2) is 9.08. The quantitative estimate of drug-likeness (QED) is 0.687. The van der Waals surface area contributed by atoms with Gasteiger partial charge in [-0.25, -0.2) is 0 Å². The molecule has 1 fully saturated rings. The molecule has 2 aromatic rings. The van der Waals surface area contributed by atoms with Gasteiger partial charge >= 0.3 is 0 Å². The fourth-order valence-corrected chi connectivity index (χ4v) is 3.61. The summed E-state index contributed by atoms with van der Waals surface area (Å²) in [5.74, 6) is 0.902. The third-order valence-electron chi connectivity index (χ3n) is 5.14. The van der Waals surface area contributed by atoms with Crippen molar-refractivity contribution in [2.75, 3.05) is 13.7 Å². The number of methoxy groups -OCH3 is 1. The van der Waals surface area contributed by atoms with Crippen LogP contribution in [-0.2, 0) is 6.54 Å². The maximum Gasteiger partial charge on any atom is 0.287 e. The Labute approximate surface area is 155 Å². The average Bonchev–Trinajstić information content (AvgIpc) is 3.12. The molecule has 0 unspecified atom stereocenters. The number of hydrogen-bond acceptors (Lipinski definition) is 4. The van der Waals surface area contributed by atoms with Crippen LogP contribution in [0.3, 0.4) is 0 Å². The first-order valence-electron chi connectivity index (χ1n) is 9.84. The van der Waals surface area contributed by atoms with Gasteiger partial charge in [0.25, 0.3) is 5.91 Å². The minimum absolute atomic E-state index is 0.125. The number of furan rings is 1. The van der Waals surface area contributed by atoms with Gasteiger partial charge in [-0.05, 0) is 43.5 Å². The van der Waals surface area contributed by atoms with E-state index in [0.717, 1.165) is 43.3 Å². The molecule has 3 rings (SSSR count). The number of carbonyl (C=O) groups excluding carboxylic acids is 1. The van der Waals surface area contributed by atoms with Crippen LogP contribution in [0.25, 0.3) is 11.0 Å². The van der Waals surface area contributed by atoms with Crippen LogP contribution in [0.4, 0.5) is 0 Å². The number of ether oxygens (including phenoxy) is 1. The van der Waals surface area contributed by atoms with Crippen LogP contribution in [-0.4, -0.2) is 25.6 Å². The Balaban J connectivity index is 1.79. The van der Waals surface area contributed by atoms with Crippen LogP contribution < -0.4 is 15.4 Å². The highest BCUT2D eigenvalue weighted by Crippen LogP contribution is 2.32. The van der Waals surface area contributed by atoms with Gasteiger partial charge in [0.1, 0.15) is 0 Å². The summed E-state index contributed by atoms with van der Waals surface area (Å²) in [6.07, 6.45) is 8.08. The standard InChI is InChI=1S/C21H30N2O3/c1-3-4-12-22-14-15-10-11-18(25-2)20-17(15)13-19(26-20)21(24)23-16-8-6-5-7-9-16/h10-11,13,16,22H,3-9,12,14H2,1-2H3,(H,23,24). The van der Waals surface area contributed by atoms with E-state index in [-0.39, 0.29) is 11.9 Å². The third kappa shape index (κ3) is 4.39. The molecule has 0 spiro atoms. The zero-order chi connectivity index (χ0) is 18.4. The summed E-state index contributed by atoms with van der Waals surface area (Å²) < 4.78 is 11.3. The molecule has 26 heavy (non-hydrogen) atoms. The number of carbonyl (C=O) groups is 1. The number of rotatable bonds is 8. The zero-order valence-corrected chi connectivity index (χ0v) is 15.9. The third-order valence-corrected chi connectivity index (χ3v) is 5.14. The number of nitrogens with one attached hydrogen (secondary N) is 2. The summed E-state index contributed by atoms with van der Waals surface area (Å²) in [6, 6.07) is 6.07. The minimum atomic E-state index is -0.125. The SMILES string of the molecule is CCCCNCc1ccc(OC)c2oc(C(=O)NC3CCCCC3)cc12. The summed E-state index contributed by atoms with van der Waals surface area (Å²) in [5, 5.41) is 7.52. The number of benzene rings is 1. The number of amides is 1. The molecule has 1 aliphatic carbocycles. The van der Waals surface area contributed by atoms with Crippen molar-refractivity contribution in [3.8, 4) is 5.75 Å². The first kappa shape index (κ1) is 18.8. The van der Waals surface area contributed by atoms with E-state index < -0.39 is 0 Å². The Bertz CT molecular complexity index is 732. The van der Waals surface area contributed by atoms with Gasteiger partial charge in [0.05, 0.1) is 7.11 Å². The highest BCUT2D eigenvalue weighted by Gasteiger charge is 2.21. The Hall–Kier alpha value is -2.01. The molecule has 1 aromatic carbocycles. The summed E-state index contributed by atoms with van der Waals surface area (Å²) in [4.78, 5) is 12.6. The topological polar surface area (TPSA) is 63.5 Å². The highest BCUT2D eigenvalue weighted by molar-refractivity contribution is 5.98. The number of unbranched alkanes of at least 4 members (excludes halogenated alkanes) is 1. The van der Waals surface area contributed by atoms with Crippen molar-refractivity contribution >= 4 is 16.9 Å². The molecule has 5 nitrogen and oxygen atoms in total. The summed E-state index contributed by atoms with van der Waals surface area (Å²) in [7, 11) is 1.62. The first-order chi connectivity index (χ1) is 12.7. The molecule has 142 valence electrons. The van der Waals surface area contributed by atoms with Crippen molar-refractivity contribution in [3.63, 3.8) is 0 Å². The lowest BCUT2D eigenvalue weighted by molar-refractivity contribution is 0.0901. The fourth-order valence-electron chi connectivity index (χ4n) is 3.61. The second-order valence-electron chi connectivity index (χ2n) is 7.12. The van der Waals surface area contributed by atoms with Gasteiger partial charge < -0.3 is 19.8 Å². The van der Waals surface area contributed by atoms with Crippen LogP contribution >= 0.6 is 0 Å². The minimum Gasteiger partial charge on any atom is -0.493 e. The predicted octanol–water partition coefficient (Wildman–Crippen LogP) is 4.39. The lowest BCUT2D eigenvalue weighted by Crippen LogP contribution is -2.35. The fraction of sp³-hybridized carbons (Fsp3) is 0.571. The van der Waals surface area contributed by atoms with E-state index >= 15 is 0 Å². The molecule has 2 N–H and O–H groups in total. The zero-order valence-electron chi connectivity index (χ0n) is 15.9. The average molecular weight is 358 g/mol. The van der Waals surface area contributed by atoms with Crippen LogP contribution in [0.1, 0.15) is 68.0 Å². The maximum absolute atomic E-state index is 12.6. The van der Waals surface area contributed by atoms with Gasteiger partial charge in [0.15, 0.2) is 17.1 Å². The molecule has 1 heterocycles. The molecule has 0 atom stereocenters. The molecule has 0 bridgehead atoms. The van der Waals surface area contributed by atoms with E-state index in [1.807, 2.05) is 18.2 Å². The molecular weight excluding hydrogens is 328 g/mol. The Morgan fingerprint density at radius 2 is 2.08 bits per heavy atom. The smallest absolute Gasteiger partial charge is 0.287 e. The first-order valence-corrected chi connectivity index (χ1v) is 9.84. The Morgan fingerprint density at radius 1 is 1.27 bits per heavy atom. The predicted molar refractivity (Wildman–Crippen MR) is 104 cm³/mol. The van der Waals surface area contributed by atoms with E-state index in [0.29, 0.717) is 17.1 Å². The van der Waals surface area contributed by atoms with Crippen molar-refractivity contribution in [3.05, 3.63) is 29.5 Å². The molecule has 1 aliphatic rings. The van der Waals surface area contributed by atoms with E-state index in [1.54, 1.807) is 7.11 Å². The molecule has 0 radical (unpaired) electrons. The van der Waals surface area contributed by atoms with E-state index in [4.69, 9.17) is 9.15 Å². The normalized spacial score (nSPS) is 15.3. The largest absolute Gasteiger partial charge is 0.493 e. The van der Waals surface area contributed by atoms with Crippen molar-refractivity contribution in [2.45, 2.75) is 64.5 Å². The van der Waals surface area contributed by atoms with Gasteiger partial charge in [-0.2, -0.15) is 0 Å². The molecule has 1 amide bonds. The highest BCUT2D eigenvalue weighted by atomic mass is 16.5. The monoisotopic (exact) mass is 358 g/mol. The van der Waals surface area contributed by atoms with Crippen molar-refractivity contribution < 1.29 is 13.9 Å². The van der Waals surface area contributed by atoms with Gasteiger partial charge in [0, 0.05) is 18.0 Å². The van der Waals surface area contributed by atoms with Crippen LogP contribution in [0.15, 0.2) is 22.6 Å². The van der Waals surface area contributed by atoms with Gasteiger partial charge in [-0.15, -0.1) is 0 Å². The molecule has 1 aromatic heterocycles. The molecular formula is C21H30N2O3. The number of hydrogen-bond donors (Lipinski definition) is 2. The van der Waals surface area contributed by atoms with Gasteiger partial charge in [-0.3, -0.25) is 4.79 Å².